The normalized spacial score (nSPS) is 20.8. The molecule has 0 N–H and O–H groups in total. The van der Waals surface area contributed by atoms with Gasteiger partial charge in [-0.2, -0.15) is 0 Å². The Labute approximate surface area is 221 Å². The molecule has 212 valence electrons. The van der Waals surface area contributed by atoms with Gasteiger partial charge in [-0.3, -0.25) is 4.79 Å². The standard InChI is InChI=1S/C28H46O9/c1-11-28(10,17-20(4)13-12-14-32-24(30)19(2)3)37-25(31)33-18-22-15-21(34-27(8,9)35-22)16-23(29)36-26(5,6)7/h21-22H,2,4,11-18H2,1,3,5-10H3. The number of rotatable bonds is 13. The van der Waals surface area contributed by atoms with Gasteiger partial charge in [0.2, 0.25) is 0 Å². The van der Waals surface area contributed by atoms with Crippen molar-refractivity contribution in [2.24, 2.45) is 0 Å². The summed E-state index contributed by atoms with van der Waals surface area (Å²) >= 11 is 0. The molecule has 1 saturated heterocycles. The van der Waals surface area contributed by atoms with Crippen molar-refractivity contribution >= 4 is 18.1 Å². The molecular weight excluding hydrogens is 480 g/mol. The summed E-state index contributed by atoms with van der Waals surface area (Å²) in [5.41, 5.74) is -0.142. The Hall–Kier alpha value is -2.39. The van der Waals surface area contributed by atoms with Crippen molar-refractivity contribution in [2.45, 2.75) is 123 Å². The van der Waals surface area contributed by atoms with Crippen LogP contribution in [-0.2, 0) is 38.0 Å². The molecule has 3 unspecified atom stereocenters. The summed E-state index contributed by atoms with van der Waals surface area (Å²) in [6.45, 7) is 22.1. The molecule has 1 aliphatic rings. The minimum Gasteiger partial charge on any atom is -0.462 e. The van der Waals surface area contributed by atoms with E-state index in [0.29, 0.717) is 37.7 Å². The fourth-order valence-corrected chi connectivity index (χ4v) is 3.87. The summed E-state index contributed by atoms with van der Waals surface area (Å²) in [7, 11) is 0. The molecule has 1 rings (SSSR count). The van der Waals surface area contributed by atoms with Gasteiger partial charge in [-0.15, -0.1) is 0 Å². The van der Waals surface area contributed by atoms with Crippen molar-refractivity contribution in [1.82, 2.24) is 0 Å². The maximum absolute atomic E-state index is 12.5. The summed E-state index contributed by atoms with van der Waals surface area (Å²) in [6, 6.07) is 0. The lowest BCUT2D eigenvalue weighted by Crippen LogP contribution is -2.47. The monoisotopic (exact) mass is 526 g/mol. The minimum atomic E-state index is -0.947. The summed E-state index contributed by atoms with van der Waals surface area (Å²) in [6.07, 6.45) is 1.00. The van der Waals surface area contributed by atoms with E-state index in [9.17, 15) is 14.4 Å². The van der Waals surface area contributed by atoms with Gasteiger partial charge in [0, 0.05) is 18.4 Å². The van der Waals surface area contributed by atoms with Gasteiger partial charge in [-0.1, -0.05) is 25.7 Å². The molecule has 0 aromatic rings. The summed E-state index contributed by atoms with van der Waals surface area (Å²) in [5, 5.41) is 0. The van der Waals surface area contributed by atoms with E-state index in [-0.39, 0.29) is 25.6 Å². The number of hydrogen-bond acceptors (Lipinski definition) is 9. The molecule has 1 aliphatic heterocycles. The number of carbonyl (C=O) groups is 3. The molecule has 0 bridgehead atoms. The number of esters is 2. The van der Waals surface area contributed by atoms with Crippen LogP contribution in [0.5, 0.6) is 0 Å². The molecule has 0 radical (unpaired) electrons. The summed E-state index contributed by atoms with van der Waals surface area (Å²) < 4.78 is 33.3. The third-order valence-corrected chi connectivity index (χ3v) is 5.59. The topological polar surface area (TPSA) is 107 Å². The van der Waals surface area contributed by atoms with E-state index in [0.717, 1.165) is 5.57 Å². The zero-order chi connectivity index (χ0) is 28.4. The van der Waals surface area contributed by atoms with Gasteiger partial charge in [-0.05, 0) is 67.7 Å². The van der Waals surface area contributed by atoms with Crippen LogP contribution in [0.3, 0.4) is 0 Å². The van der Waals surface area contributed by atoms with Gasteiger partial charge in [0.1, 0.15) is 17.8 Å². The van der Waals surface area contributed by atoms with Crippen LogP contribution in [0, 0.1) is 0 Å². The third kappa shape index (κ3) is 13.6. The van der Waals surface area contributed by atoms with Crippen LogP contribution >= 0.6 is 0 Å². The fourth-order valence-electron chi connectivity index (χ4n) is 3.87. The Balaban J connectivity index is 2.54. The van der Waals surface area contributed by atoms with Crippen LogP contribution in [0.4, 0.5) is 4.79 Å². The van der Waals surface area contributed by atoms with E-state index in [2.05, 4.69) is 13.2 Å². The first-order chi connectivity index (χ1) is 16.9. The van der Waals surface area contributed by atoms with Crippen LogP contribution in [0.1, 0.15) is 93.9 Å². The quantitative estimate of drug-likeness (QED) is 0.0968. The van der Waals surface area contributed by atoms with E-state index in [1.54, 1.807) is 20.8 Å². The molecule has 9 nitrogen and oxygen atoms in total. The Morgan fingerprint density at radius 3 is 2.19 bits per heavy atom. The molecule has 3 atom stereocenters. The Morgan fingerprint density at radius 2 is 1.62 bits per heavy atom. The molecule has 0 aromatic heterocycles. The van der Waals surface area contributed by atoms with Crippen molar-refractivity contribution in [3.8, 4) is 0 Å². The maximum Gasteiger partial charge on any atom is 0.508 e. The molecule has 0 spiro atoms. The highest BCUT2D eigenvalue weighted by Gasteiger charge is 2.38. The number of carbonyl (C=O) groups excluding carboxylic acids is 3. The zero-order valence-corrected chi connectivity index (χ0v) is 23.9. The predicted molar refractivity (Wildman–Crippen MR) is 139 cm³/mol. The SMILES string of the molecule is C=C(CCCOC(=O)C(=C)C)CC(C)(CC)OC(=O)OCC1CC(CC(=O)OC(C)(C)C)OC(C)(C)O1. The van der Waals surface area contributed by atoms with Gasteiger partial charge in [0.05, 0.1) is 25.2 Å². The van der Waals surface area contributed by atoms with Crippen LogP contribution in [0.15, 0.2) is 24.3 Å². The lowest BCUT2D eigenvalue weighted by Gasteiger charge is -2.40. The van der Waals surface area contributed by atoms with Gasteiger partial charge < -0.3 is 28.4 Å². The molecule has 1 fully saturated rings. The lowest BCUT2D eigenvalue weighted by molar-refractivity contribution is -0.304. The van der Waals surface area contributed by atoms with Crippen molar-refractivity contribution in [3.63, 3.8) is 0 Å². The number of hydrogen-bond donors (Lipinski definition) is 0. The molecule has 0 aliphatic carbocycles. The van der Waals surface area contributed by atoms with Crippen LogP contribution in [0.2, 0.25) is 0 Å². The van der Waals surface area contributed by atoms with Crippen molar-refractivity contribution in [2.75, 3.05) is 13.2 Å². The molecule has 0 saturated carbocycles. The van der Waals surface area contributed by atoms with Crippen LogP contribution in [0.25, 0.3) is 0 Å². The van der Waals surface area contributed by atoms with Gasteiger partial charge >= 0.3 is 18.1 Å². The fraction of sp³-hybridized carbons (Fsp3) is 0.750. The lowest BCUT2D eigenvalue weighted by atomic mass is 9.92. The molecule has 1 heterocycles. The highest BCUT2D eigenvalue weighted by Crippen LogP contribution is 2.30. The summed E-state index contributed by atoms with van der Waals surface area (Å²) in [5.74, 6) is -1.72. The van der Waals surface area contributed by atoms with E-state index in [1.165, 1.54) is 0 Å². The first kappa shape index (κ1) is 32.6. The first-order valence-corrected chi connectivity index (χ1v) is 12.9. The van der Waals surface area contributed by atoms with E-state index in [4.69, 9.17) is 28.4 Å². The molecule has 0 aromatic carbocycles. The van der Waals surface area contributed by atoms with Gasteiger partial charge in [0.25, 0.3) is 0 Å². The Bertz CT molecular complexity index is 824. The van der Waals surface area contributed by atoms with Crippen molar-refractivity contribution < 1.29 is 42.8 Å². The Morgan fingerprint density at radius 1 is 1.00 bits per heavy atom. The molecule has 37 heavy (non-hydrogen) atoms. The van der Waals surface area contributed by atoms with Crippen molar-refractivity contribution in [3.05, 3.63) is 24.3 Å². The van der Waals surface area contributed by atoms with Gasteiger partial charge in [0.15, 0.2) is 5.79 Å². The second-order valence-corrected chi connectivity index (χ2v) is 11.3. The maximum atomic E-state index is 12.5. The molecule has 9 heteroatoms. The zero-order valence-electron chi connectivity index (χ0n) is 23.9. The smallest absolute Gasteiger partial charge is 0.462 e. The predicted octanol–water partition coefficient (Wildman–Crippen LogP) is 5.80. The highest BCUT2D eigenvalue weighted by atomic mass is 16.8. The third-order valence-electron chi connectivity index (χ3n) is 5.59. The van der Waals surface area contributed by atoms with Gasteiger partial charge in [-0.25, -0.2) is 9.59 Å². The van der Waals surface area contributed by atoms with E-state index >= 15 is 0 Å². The van der Waals surface area contributed by atoms with E-state index in [1.807, 2.05) is 34.6 Å². The second-order valence-electron chi connectivity index (χ2n) is 11.3. The molecular formula is C28H46O9. The second kappa shape index (κ2) is 14.0. The van der Waals surface area contributed by atoms with Crippen LogP contribution < -0.4 is 0 Å². The number of ether oxygens (including phenoxy) is 6. The van der Waals surface area contributed by atoms with Crippen molar-refractivity contribution in [1.29, 1.82) is 0 Å². The van der Waals surface area contributed by atoms with Crippen LogP contribution in [-0.4, -0.2) is 60.5 Å². The van der Waals surface area contributed by atoms with E-state index < -0.39 is 41.3 Å². The Kier molecular flexibility index (Phi) is 12.3. The first-order valence-electron chi connectivity index (χ1n) is 12.9. The summed E-state index contributed by atoms with van der Waals surface area (Å²) in [4.78, 5) is 36.2. The highest BCUT2D eigenvalue weighted by molar-refractivity contribution is 5.86. The minimum absolute atomic E-state index is 0.0364. The average molecular weight is 527 g/mol. The molecule has 0 amide bonds. The largest absolute Gasteiger partial charge is 0.508 e. The average Bonchev–Trinajstić information content (AvgIpc) is 2.72.